The molecule has 0 aromatic rings. The minimum absolute atomic E-state index is 0.547. The zero-order chi connectivity index (χ0) is 15.2. The normalized spacial score (nSPS) is 12.9. The second-order valence-electron chi connectivity index (χ2n) is 4.27. The third-order valence-electron chi connectivity index (χ3n) is 2.58. The van der Waals surface area contributed by atoms with E-state index >= 15 is 0 Å². The Morgan fingerprint density at radius 3 is 2.35 bits per heavy atom. The summed E-state index contributed by atoms with van der Waals surface area (Å²) in [7, 11) is 0. The quantitative estimate of drug-likeness (QED) is 0.430. The Kier molecular flexibility index (Phi) is 10.7. The molecule has 1 amide bonds. The van der Waals surface area contributed by atoms with Crippen molar-refractivity contribution >= 4 is 6.41 Å². The fourth-order valence-electron chi connectivity index (χ4n) is 1.59. The van der Waals surface area contributed by atoms with Crippen molar-refractivity contribution in [2.45, 2.75) is 20.3 Å². The maximum Gasteiger partial charge on any atom is 0.210 e. The number of carbonyl (C=O) groups excluding carboxylic acids is 1. The maximum absolute atomic E-state index is 11.2. The van der Waals surface area contributed by atoms with Crippen LogP contribution in [0.5, 0.6) is 0 Å². The lowest BCUT2D eigenvalue weighted by atomic mass is 10.1. The van der Waals surface area contributed by atoms with E-state index in [0.717, 1.165) is 24.0 Å². The van der Waals surface area contributed by atoms with Crippen LogP contribution in [0.15, 0.2) is 72.9 Å². The molecule has 0 bridgehead atoms. The molecule has 0 spiro atoms. The fourth-order valence-corrected chi connectivity index (χ4v) is 1.59. The second-order valence-corrected chi connectivity index (χ2v) is 4.27. The van der Waals surface area contributed by atoms with E-state index in [2.05, 4.69) is 26.2 Å². The smallest absolute Gasteiger partial charge is 0.210 e. The van der Waals surface area contributed by atoms with Crippen molar-refractivity contribution in [2.24, 2.45) is 0 Å². The van der Waals surface area contributed by atoms with E-state index in [0.29, 0.717) is 13.1 Å². The number of rotatable bonds is 10. The average molecular weight is 271 g/mol. The molecule has 0 rings (SSSR count). The highest BCUT2D eigenvalue weighted by Crippen LogP contribution is 2.06. The van der Waals surface area contributed by atoms with Gasteiger partial charge in [-0.1, -0.05) is 68.7 Å². The van der Waals surface area contributed by atoms with E-state index in [1.54, 1.807) is 17.1 Å². The first kappa shape index (κ1) is 17.9. The van der Waals surface area contributed by atoms with Crippen LogP contribution in [0.25, 0.3) is 0 Å². The molecule has 2 nitrogen and oxygen atoms in total. The zero-order valence-electron chi connectivity index (χ0n) is 12.6. The summed E-state index contributed by atoms with van der Waals surface area (Å²) >= 11 is 0. The van der Waals surface area contributed by atoms with Gasteiger partial charge in [0.05, 0.1) is 0 Å². The van der Waals surface area contributed by atoms with Crippen molar-refractivity contribution in [3.8, 4) is 0 Å². The van der Waals surface area contributed by atoms with Crippen LogP contribution in [-0.4, -0.2) is 24.4 Å². The molecular weight excluding hydrogens is 246 g/mol. The van der Waals surface area contributed by atoms with Crippen molar-refractivity contribution in [3.63, 3.8) is 0 Å². The molecule has 0 aromatic carbocycles. The van der Waals surface area contributed by atoms with Gasteiger partial charge in [0.1, 0.15) is 0 Å². The van der Waals surface area contributed by atoms with Gasteiger partial charge >= 0.3 is 0 Å². The first-order chi connectivity index (χ1) is 9.71. The Bertz CT molecular complexity index is 425. The van der Waals surface area contributed by atoms with Crippen molar-refractivity contribution < 1.29 is 4.79 Å². The maximum atomic E-state index is 11.2. The van der Waals surface area contributed by atoms with Crippen LogP contribution in [0.4, 0.5) is 0 Å². The molecule has 20 heavy (non-hydrogen) atoms. The highest BCUT2D eigenvalue weighted by Gasteiger charge is 2.04. The Balaban J connectivity index is 4.86. The monoisotopic (exact) mass is 271 g/mol. The van der Waals surface area contributed by atoms with Gasteiger partial charge in [-0.05, 0) is 24.5 Å². The summed E-state index contributed by atoms with van der Waals surface area (Å²) in [4.78, 5) is 12.9. The summed E-state index contributed by atoms with van der Waals surface area (Å²) < 4.78 is 0. The summed E-state index contributed by atoms with van der Waals surface area (Å²) in [6.45, 7) is 12.6. The topological polar surface area (TPSA) is 20.3 Å². The molecule has 0 aliphatic heterocycles. The van der Waals surface area contributed by atoms with Gasteiger partial charge in [0.25, 0.3) is 0 Å². The van der Waals surface area contributed by atoms with Crippen LogP contribution in [0.2, 0.25) is 0 Å². The van der Waals surface area contributed by atoms with Gasteiger partial charge in [0.2, 0.25) is 6.41 Å². The van der Waals surface area contributed by atoms with Gasteiger partial charge in [-0.25, -0.2) is 0 Å². The minimum Gasteiger partial charge on any atom is -0.337 e. The standard InChI is InChI=1S/C18H25NO/c1-5-9-12-17(8-4)14-19(16-20)15-18(11-7-3)13-10-6-2/h5,7-13,16H,3-4,6,14-15H2,1-2H3/b9-5-,13-10-,17-12+,18-11+. The second kappa shape index (κ2) is 12.0. The number of hydrogen-bond donors (Lipinski definition) is 0. The van der Waals surface area contributed by atoms with Crippen LogP contribution < -0.4 is 0 Å². The lowest BCUT2D eigenvalue weighted by Gasteiger charge is -2.18. The molecule has 0 N–H and O–H groups in total. The van der Waals surface area contributed by atoms with Crippen molar-refractivity contribution in [2.75, 3.05) is 13.1 Å². The van der Waals surface area contributed by atoms with Gasteiger partial charge in [-0.3, -0.25) is 4.79 Å². The van der Waals surface area contributed by atoms with Crippen molar-refractivity contribution in [1.82, 2.24) is 4.90 Å². The molecule has 0 aliphatic carbocycles. The molecule has 0 unspecified atom stereocenters. The van der Waals surface area contributed by atoms with Gasteiger partial charge in [-0.15, -0.1) is 0 Å². The summed E-state index contributed by atoms with van der Waals surface area (Å²) in [5, 5.41) is 0. The van der Waals surface area contributed by atoms with Crippen LogP contribution in [0.1, 0.15) is 20.3 Å². The van der Waals surface area contributed by atoms with E-state index in [1.807, 2.05) is 37.3 Å². The van der Waals surface area contributed by atoms with Crippen LogP contribution in [-0.2, 0) is 4.79 Å². The minimum atomic E-state index is 0.547. The third-order valence-corrected chi connectivity index (χ3v) is 2.58. The first-order valence-corrected chi connectivity index (χ1v) is 6.83. The molecule has 0 saturated heterocycles. The van der Waals surface area contributed by atoms with E-state index in [1.165, 1.54) is 0 Å². The van der Waals surface area contributed by atoms with Crippen LogP contribution in [0.3, 0.4) is 0 Å². The predicted molar refractivity (Wildman–Crippen MR) is 88.4 cm³/mol. The van der Waals surface area contributed by atoms with E-state index in [-0.39, 0.29) is 0 Å². The fraction of sp³-hybridized carbons (Fsp3) is 0.278. The Hall–Kier alpha value is -2.09. The van der Waals surface area contributed by atoms with E-state index in [4.69, 9.17) is 0 Å². The SMILES string of the molecule is C=C/C=C(\C=C/CC)CN(C=O)C/C(C=C)=C/C=C\C. The highest BCUT2D eigenvalue weighted by molar-refractivity contribution is 5.50. The number of amides is 1. The highest BCUT2D eigenvalue weighted by atomic mass is 16.1. The number of allylic oxidation sites excluding steroid dienone is 6. The van der Waals surface area contributed by atoms with E-state index < -0.39 is 0 Å². The average Bonchev–Trinajstić information content (AvgIpc) is 2.47. The lowest BCUT2D eigenvalue weighted by molar-refractivity contribution is -0.117. The van der Waals surface area contributed by atoms with E-state index in [9.17, 15) is 4.79 Å². The third kappa shape index (κ3) is 8.09. The molecule has 108 valence electrons. The number of nitrogens with zero attached hydrogens (tertiary/aromatic N) is 1. The molecule has 0 fully saturated rings. The summed E-state index contributed by atoms with van der Waals surface area (Å²) in [6, 6.07) is 0. The molecule has 0 heterocycles. The lowest BCUT2D eigenvalue weighted by Crippen LogP contribution is -2.26. The predicted octanol–water partition coefficient (Wildman–Crippen LogP) is 4.21. The molecule has 2 heteroatoms. The largest absolute Gasteiger partial charge is 0.337 e. The summed E-state index contributed by atoms with van der Waals surface area (Å²) in [5.41, 5.74) is 2.07. The molecule has 0 radical (unpaired) electrons. The van der Waals surface area contributed by atoms with Gasteiger partial charge < -0.3 is 4.90 Å². The van der Waals surface area contributed by atoms with Crippen LogP contribution in [0, 0.1) is 0 Å². The van der Waals surface area contributed by atoms with Crippen molar-refractivity contribution in [3.05, 3.63) is 72.9 Å². The molecule has 0 atom stereocenters. The molecule has 0 saturated carbocycles. The summed E-state index contributed by atoms with van der Waals surface area (Å²) in [6.07, 6.45) is 17.2. The Morgan fingerprint density at radius 2 is 1.85 bits per heavy atom. The summed E-state index contributed by atoms with van der Waals surface area (Å²) in [5.74, 6) is 0. The molecular formula is C18H25NO. The Morgan fingerprint density at radius 1 is 1.15 bits per heavy atom. The van der Waals surface area contributed by atoms with Crippen LogP contribution >= 0.6 is 0 Å². The number of carbonyl (C=O) groups is 1. The first-order valence-electron chi connectivity index (χ1n) is 6.83. The Labute approximate surface area is 123 Å². The van der Waals surface area contributed by atoms with Gasteiger partial charge in [0.15, 0.2) is 0 Å². The van der Waals surface area contributed by atoms with Crippen molar-refractivity contribution in [1.29, 1.82) is 0 Å². The number of hydrogen-bond acceptors (Lipinski definition) is 1. The molecule has 0 aliphatic rings. The van der Waals surface area contributed by atoms with Gasteiger partial charge in [-0.2, -0.15) is 0 Å². The van der Waals surface area contributed by atoms with Gasteiger partial charge in [0, 0.05) is 13.1 Å². The zero-order valence-corrected chi connectivity index (χ0v) is 12.6. The molecule has 0 aromatic heterocycles.